The van der Waals surface area contributed by atoms with Gasteiger partial charge in [-0.05, 0) is 88.1 Å². The molecule has 0 saturated heterocycles. The van der Waals surface area contributed by atoms with Crippen LogP contribution in [0.2, 0.25) is 0 Å². The third kappa shape index (κ3) is 8.26. The van der Waals surface area contributed by atoms with Gasteiger partial charge in [-0.3, -0.25) is 29.9 Å². The molecule has 10 aromatic heterocycles. The lowest BCUT2D eigenvalue weighted by Crippen LogP contribution is -2.14. The van der Waals surface area contributed by atoms with Gasteiger partial charge in [0, 0.05) is 74.7 Å². The Bertz CT molecular complexity index is 3770. The minimum Gasteiger partial charge on any atom is -0.471 e. The quantitative estimate of drug-likeness (QED) is 0.0699. The first-order chi connectivity index (χ1) is 33.5. The van der Waals surface area contributed by atoms with Gasteiger partial charge in [-0.1, -0.05) is 56.4 Å². The number of nitrogens with one attached hydrogen (secondary N) is 5. The van der Waals surface area contributed by atoms with Gasteiger partial charge in [0.15, 0.2) is 0 Å². The second-order valence-electron chi connectivity index (χ2n) is 17.6. The first-order valence-electron chi connectivity index (χ1n) is 22.8. The van der Waals surface area contributed by atoms with Crippen molar-refractivity contribution in [3.8, 4) is 56.3 Å². The summed E-state index contributed by atoms with van der Waals surface area (Å²) in [6, 6.07) is 12.1. The van der Waals surface area contributed by atoms with E-state index < -0.39 is 0 Å². The summed E-state index contributed by atoms with van der Waals surface area (Å²) in [5, 5.41) is 21.1. The zero-order chi connectivity index (χ0) is 47.9. The van der Waals surface area contributed by atoms with Crippen LogP contribution < -0.4 is 5.32 Å². The van der Waals surface area contributed by atoms with Crippen molar-refractivity contribution in [3.05, 3.63) is 145 Å². The Morgan fingerprint density at radius 1 is 0.754 bits per heavy atom. The number of hydrogen-bond acceptors (Lipinski definition) is 9. The van der Waals surface area contributed by atoms with Crippen LogP contribution in [0.5, 0.6) is 0 Å². The van der Waals surface area contributed by atoms with Gasteiger partial charge in [-0.2, -0.15) is 10.2 Å². The van der Waals surface area contributed by atoms with Gasteiger partial charge in [0.2, 0.25) is 5.91 Å². The van der Waals surface area contributed by atoms with Crippen LogP contribution in [0.15, 0.2) is 139 Å². The monoisotopic (exact) mass is 910 g/mol. The first-order valence-corrected chi connectivity index (χ1v) is 22.8. The van der Waals surface area contributed by atoms with E-state index in [0.717, 1.165) is 100 Å². The maximum atomic E-state index is 12.9. The van der Waals surface area contributed by atoms with Crippen LogP contribution in [-0.2, 0) is 4.79 Å². The molecule has 0 aromatic carbocycles. The summed E-state index contributed by atoms with van der Waals surface area (Å²) < 4.78 is 6.10. The second kappa shape index (κ2) is 18.1. The zero-order valence-corrected chi connectivity index (χ0v) is 39.4. The standard InChI is InChI=1S/C55H50N12O2/c1-9-12-32(11-3)39-23-57-25-48-36(39)18-47(61-48)54-55-51(65-67-54)38(20-45(63-55)33-17-34(22-56-21-33)59-50(68)16-30(6)7)41-27-69-28-42(41)40-24-58-26-49-37(40)19-46(60-49)53-52-44(64-66-53)14-13-43(62-52)35(15-29(4)5)31(8)10-2/h9-15,17-28,30,60-61H,4,16H2,1-3,5-8H3,(H,59,68)(H,64,66)(H,65,67)/b12-9-,31-10-,32-11+,35-15+. The molecular weight excluding hydrogens is 861 g/mol. The lowest BCUT2D eigenvalue weighted by Gasteiger charge is -2.11. The van der Waals surface area contributed by atoms with Gasteiger partial charge >= 0.3 is 0 Å². The second-order valence-corrected chi connectivity index (χ2v) is 17.6. The topological polar surface area (TPSA) is 196 Å². The van der Waals surface area contributed by atoms with Crippen LogP contribution in [0.3, 0.4) is 0 Å². The number of H-pyrrole nitrogens is 4. The maximum absolute atomic E-state index is 12.9. The highest BCUT2D eigenvalue weighted by Gasteiger charge is 2.24. The van der Waals surface area contributed by atoms with E-state index in [1.165, 1.54) is 0 Å². The Morgan fingerprint density at radius 3 is 2.20 bits per heavy atom. The molecule has 10 heterocycles. The summed E-state index contributed by atoms with van der Waals surface area (Å²) in [6.07, 6.45) is 24.9. The molecule has 10 aromatic rings. The molecule has 0 saturated carbocycles. The average Bonchev–Trinajstić information content (AvgIpc) is 4.20. The molecule has 0 atom stereocenters. The van der Waals surface area contributed by atoms with Gasteiger partial charge in [0.05, 0.1) is 81.6 Å². The fourth-order valence-corrected chi connectivity index (χ4v) is 8.84. The number of hydrogen-bond donors (Lipinski definition) is 5. The zero-order valence-electron chi connectivity index (χ0n) is 39.4. The number of allylic oxidation sites excluding steroid dienone is 9. The van der Waals surface area contributed by atoms with Crippen LogP contribution in [-0.4, -0.2) is 61.2 Å². The summed E-state index contributed by atoms with van der Waals surface area (Å²) in [4.78, 5) is 44.3. The minimum atomic E-state index is -0.0852. The normalized spacial score (nSPS) is 12.8. The maximum Gasteiger partial charge on any atom is 0.224 e. The Kier molecular flexibility index (Phi) is 11.6. The number of carbonyl (C=O) groups excluding carboxylic acids is 1. The fraction of sp³-hybridized carbons (Fsp3) is 0.164. The highest BCUT2D eigenvalue weighted by molar-refractivity contribution is 6.08. The molecule has 1 amide bonds. The molecule has 14 heteroatoms. The molecule has 0 aliphatic rings. The van der Waals surface area contributed by atoms with Crippen molar-refractivity contribution in [3.63, 3.8) is 0 Å². The van der Waals surface area contributed by atoms with E-state index in [4.69, 9.17) is 29.6 Å². The predicted octanol–water partition coefficient (Wildman–Crippen LogP) is 13.2. The summed E-state index contributed by atoms with van der Waals surface area (Å²) in [5.41, 5.74) is 18.4. The van der Waals surface area contributed by atoms with Gasteiger partial charge in [0.25, 0.3) is 0 Å². The molecular formula is C55H50N12O2. The van der Waals surface area contributed by atoms with E-state index in [1.54, 1.807) is 24.9 Å². The Hall–Kier alpha value is -8.78. The molecule has 0 spiro atoms. The van der Waals surface area contributed by atoms with Crippen molar-refractivity contribution in [1.82, 2.24) is 55.3 Å². The first kappa shape index (κ1) is 44.1. The number of pyridine rings is 5. The van der Waals surface area contributed by atoms with Gasteiger partial charge in [-0.15, -0.1) is 0 Å². The molecule has 0 aliphatic carbocycles. The van der Waals surface area contributed by atoms with Crippen LogP contribution in [0.25, 0.3) is 111 Å². The van der Waals surface area contributed by atoms with E-state index in [2.05, 4.69) is 85.4 Å². The summed E-state index contributed by atoms with van der Waals surface area (Å²) in [6.45, 7) is 18.2. The van der Waals surface area contributed by atoms with Crippen LogP contribution in [0, 0.1) is 5.92 Å². The minimum absolute atomic E-state index is 0.0852. The SMILES string of the molecule is C=C(C)/C=C(\C(C)=C/C)c1ccc2[nH]nc(-c3cc4c(-c5cocc5-c5cc(-c6cncc(NC(=O)CC(C)C)c6)nc6c(-c7cc8c(C(/C=C\C)=C/C)cncc8[nH]7)n[nH]c56)cncc4[nH]3)c2n1. The molecule has 5 N–H and O–H groups in total. The number of rotatable bonds is 13. The average molecular weight is 911 g/mol. The molecule has 14 nitrogen and oxygen atoms in total. The molecule has 0 radical (unpaired) electrons. The van der Waals surface area contributed by atoms with E-state index in [1.807, 2.05) is 96.7 Å². The fourth-order valence-electron chi connectivity index (χ4n) is 8.84. The Morgan fingerprint density at radius 2 is 1.46 bits per heavy atom. The van der Waals surface area contributed by atoms with Crippen molar-refractivity contribution in [2.75, 3.05) is 5.32 Å². The highest BCUT2D eigenvalue weighted by atomic mass is 16.3. The Labute approximate surface area is 397 Å². The molecule has 0 aliphatic heterocycles. The number of anilines is 1. The smallest absolute Gasteiger partial charge is 0.224 e. The highest BCUT2D eigenvalue weighted by Crippen LogP contribution is 2.43. The van der Waals surface area contributed by atoms with Crippen molar-refractivity contribution in [1.29, 1.82) is 0 Å². The number of nitrogens with zero attached hydrogens (tertiary/aromatic N) is 7. The molecule has 0 fully saturated rings. The number of amides is 1. The molecule has 0 unspecified atom stereocenters. The summed E-state index contributed by atoms with van der Waals surface area (Å²) in [5.74, 6) is 0.114. The number of aromatic amines is 4. The van der Waals surface area contributed by atoms with E-state index in [9.17, 15) is 4.79 Å². The summed E-state index contributed by atoms with van der Waals surface area (Å²) >= 11 is 0. The van der Waals surface area contributed by atoms with Crippen LogP contribution in [0.1, 0.15) is 66.1 Å². The number of aromatic nitrogens is 11. The predicted molar refractivity (Wildman–Crippen MR) is 277 cm³/mol. The number of fused-ring (bicyclic) bond motifs is 4. The van der Waals surface area contributed by atoms with Crippen molar-refractivity contribution >= 4 is 66.6 Å². The van der Waals surface area contributed by atoms with Crippen molar-refractivity contribution < 1.29 is 9.21 Å². The number of furan rings is 1. The molecule has 0 bridgehead atoms. The molecule has 69 heavy (non-hydrogen) atoms. The molecule has 10 rings (SSSR count). The lowest BCUT2D eigenvalue weighted by atomic mass is 9.96. The number of carbonyl (C=O) groups is 1. The van der Waals surface area contributed by atoms with Gasteiger partial charge in [0.1, 0.15) is 22.4 Å². The van der Waals surface area contributed by atoms with Crippen LogP contribution in [0.4, 0.5) is 5.69 Å². The summed E-state index contributed by atoms with van der Waals surface area (Å²) in [7, 11) is 0. The van der Waals surface area contributed by atoms with Crippen LogP contribution >= 0.6 is 0 Å². The third-order valence-electron chi connectivity index (χ3n) is 12.2. The van der Waals surface area contributed by atoms with Crippen molar-refractivity contribution in [2.45, 2.75) is 54.9 Å². The van der Waals surface area contributed by atoms with Gasteiger partial charge in [-0.25, -0.2) is 9.97 Å². The van der Waals surface area contributed by atoms with Gasteiger partial charge < -0.3 is 19.7 Å². The van der Waals surface area contributed by atoms with E-state index >= 15 is 0 Å². The largest absolute Gasteiger partial charge is 0.471 e. The molecule has 342 valence electrons. The van der Waals surface area contributed by atoms with E-state index in [0.29, 0.717) is 45.8 Å². The lowest BCUT2D eigenvalue weighted by molar-refractivity contribution is -0.116. The van der Waals surface area contributed by atoms with Crippen molar-refractivity contribution in [2.24, 2.45) is 5.92 Å². The third-order valence-corrected chi connectivity index (χ3v) is 12.2. The Balaban J connectivity index is 1.12. The van der Waals surface area contributed by atoms with E-state index in [-0.39, 0.29) is 11.8 Å².